The molecule has 214 valence electrons. The molecule has 2 heterocycles. The van der Waals surface area contributed by atoms with E-state index in [1.54, 1.807) is 50.2 Å². The summed E-state index contributed by atoms with van der Waals surface area (Å²) >= 11 is 0.914. The Balaban J connectivity index is 1.82. The average Bonchev–Trinajstić information content (AvgIpc) is 3.49. The summed E-state index contributed by atoms with van der Waals surface area (Å²) in [5, 5.41) is 11.5. The van der Waals surface area contributed by atoms with E-state index in [1.807, 2.05) is 0 Å². The summed E-state index contributed by atoms with van der Waals surface area (Å²) in [6.07, 6.45) is 1.88. The summed E-state index contributed by atoms with van der Waals surface area (Å²) in [5.74, 6) is -2.76. The monoisotopic (exact) mass is 578 g/mol. The molecule has 0 radical (unpaired) electrons. The zero-order chi connectivity index (χ0) is 29.7. The van der Waals surface area contributed by atoms with Crippen LogP contribution >= 0.6 is 11.3 Å². The first kappa shape index (κ1) is 29.5. The van der Waals surface area contributed by atoms with Crippen LogP contribution in [0.2, 0.25) is 0 Å². The number of aliphatic hydroxyl groups is 1. The van der Waals surface area contributed by atoms with Crippen LogP contribution in [-0.2, 0) is 19.1 Å². The second-order valence-electron chi connectivity index (χ2n) is 9.14. The molecule has 1 fully saturated rings. The molecule has 11 heteroatoms. The van der Waals surface area contributed by atoms with Gasteiger partial charge in [-0.25, -0.2) is 14.6 Å². The highest BCUT2D eigenvalue weighted by atomic mass is 32.1. The molecule has 1 aliphatic heterocycles. The Morgan fingerprint density at radius 2 is 1.66 bits per heavy atom. The fourth-order valence-electron chi connectivity index (χ4n) is 4.33. The first-order valence-electron chi connectivity index (χ1n) is 13.1. The Morgan fingerprint density at radius 3 is 2.27 bits per heavy atom. The minimum atomic E-state index is -1.09. The van der Waals surface area contributed by atoms with E-state index < -0.39 is 29.7 Å². The number of anilines is 1. The van der Waals surface area contributed by atoms with Crippen molar-refractivity contribution < 1.29 is 38.5 Å². The zero-order valence-electron chi connectivity index (χ0n) is 23.1. The third-order valence-electron chi connectivity index (χ3n) is 6.44. The normalized spacial score (nSPS) is 16.1. The maximum absolute atomic E-state index is 13.5. The predicted molar refractivity (Wildman–Crippen MR) is 152 cm³/mol. The molecule has 2 aromatic carbocycles. The molecular weight excluding hydrogens is 548 g/mol. The number of rotatable bonds is 10. The van der Waals surface area contributed by atoms with Crippen LogP contribution in [0.25, 0.3) is 5.76 Å². The fourth-order valence-corrected chi connectivity index (χ4v) is 5.32. The first-order valence-corrected chi connectivity index (χ1v) is 13.9. The van der Waals surface area contributed by atoms with Crippen LogP contribution in [0.3, 0.4) is 0 Å². The lowest BCUT2D eigenvalue weighted by Gasteiger charge is -2.23. The number of carbonyl (C=O) groups is 4. The third-order valence-corrected chi connectivity index (χ3v) is 7.58. The van der Waals surface area contributed by atoms with E-state index in [0.717, 1.165) is 29.1 Å². The van der Waals surface area contributed by atoms with Crippen LogP contribution in [0, 0.1) is 6.92 Å². The molecule has 1 aromatic heterocycles. The predicted octanol–water partition coefficient (Wildman–Crippen LogP) is 5.22. The molecule has 1 unspecified atom stereocenters. The molecule has 1 atom stereocenters. The number of methoxy groups -OCH3 is 1. The fraction of sp³-hybridized carbons (Fsp3) is 0.300. The quantitative estimate of drug-likeness (QED) is 0.113. The minimum Gasteiger partial charge on any atom is -0.507 e. The van der Waals surface area contributed by atoms with Crippen molar-refractivity contribution >= 4 is 45.9 Å². The van der Waals surface area contributed by atoms with Crippen LogP contribution in [-0.4, -0.2) is 54.0 Å². The summed E-state index contributed by atoms with van der Waals surface area (Å²) in [7, 11) is 1.26. The summed E-state index contributed by atoms with van der Waals surface area (Å²) < 4.78 is 15.6. The number of thiazole rings is 1. The largest absolute Gasteiger partial charge is 0.507 e. The number of benzene rings is 2. The maximum Gasteiger partial charge on any atom is 0.350 e. The second kappa shape index (κ2) is 12.8. The lowest BCUT2D eigenvalue weighted by molar-refractivity contribution is -0.132. The standard InChI is InChI=1S/C30H30N2O8S/c1-5-7-16-40-21-14-12-19(13-15-21)24(33)22-23(18-8-10-20(11-9-18)28(36)38-4)32(27(35)25(22)34)30-31-17(3)26(41-30)29(37)39-6-2/h8-15,23,33H,5-7,16H2,1-4H3/b24-22+. The van der Waals surface area contributed by atoms with Crippen LogP contribution in [0.15, 0.2) is 54.1 Å². The van der Waals surface area contributed by atoms with Crippen molar-refractivity contribution in [2.24, 2.45) is 0 Å². The molecule has 10 nitrogen and oxygen atoms in total. The number of carbonyl (C=O) groups excluding carboxylic acids is 4. The lowest BCUT2D eigenvalue weighted by atomic mass is 9.94. The van der Waals surface area contributed by atoms with Crippen molar-refractivity contribution in [3.05, 3.63) is 81.4 Å². The highest BCUT2D eigenvalue weighted by Gasteiger charge is 2.48. The van der Waals surface area contributed by atoms with E-state index in [2.05, 4.69) is 11.9 Å². The van der Waals surface area contributed by atoms with Crippen molar-refractivity contribution in [1.29, 1.82) is 0 Å². The number of hydrogen-bond acceptors (Lipinski definition) is 10. The molecule has 0 saturated carbocycles. The molecule has 4 rings (SSSR count). The Morgan fingerprint density at radius 1 is 1.00 bits per heavy atom. The smallest absolute Gasteiger partial charge is 0.350 e. The summed E-state index contributed by atoms with van der Waals surface area (Å²) in [4.78, 5) is 57.1. The Bertz CT molecular complexity index is 1490. The second-order valence-corrected chi connectivity index (χ2v) is 10.1. The Hall–Kier alpha value is -4.51. The zero-order valence-corrected chi connectivity index (χ0v) is 23.9. The highest BCUT2D eigenvalue weighted by Crippen LogP contribution is 2.44. The Kier molecular flexibility index (Phi) is 9.18. The number of aryl methyl sites for hydroxylation is 1. The van der Waals surface area contributed by atoms with Gasteiger partial charge in [0, 0.05) is 5.56 Å². The highest BCUT2D eigenvalue weighted by molar-refractivity contribution is 7.17. The summed E-state index contributed by atoms with van der Waals surface area (Å²) in [6, 6.07) is 11.6. The number of esters is 2. The van der Waals surface area contributed by atoms with Gasteiger partial charge in [-0.2, -0.15) is 0 Å². The number of amides is 1. The average molecular weight is 579 g/mol. The van der Waals surface area contributed by atoms with E-state index >= 15 is 0 Å². The van der Waals surface area contributed by atoms with Gasteiger partial charge in [0.25, 0.3) is 5.78 Å². The topological polar surface area (TPSA) is 132 Å². The number of hydrogen-bond donors (Lipinski definition) is 1. The molecule has 41 heavy (non-hydrogen) atoms. The maximum atomic E-state index is 13.5. The number of ketones is 1. The number of nitrogens with zero attached hydrogens (tertiary/aromatic N) is 2. The number of unbranched alkanes of at least 4 members (excludes halogenated alkanes) is 1. The molecule has 1 aliphatic rings. The van der Waals surface area contributed by atoms with E-state index in [9.17, 15) is 24.3 Å². The number of Topliss-reactive ketones (excluding diaryl/α,β-unsaturated/α-hetero) is 1. The molecule has 1 N–H and O–H groups in total. The van der Waals surface area contributed by atoms with Gasteiger partial charge in [-0.05, 0) is 62.2 Å². The van der Waals surface area contributed by atoms with Gasteiger partial charge >= 0.3 is 17.8 Å². The van der Waals surface area contributed by atoms with Gasteiger partial charge in [0.1, 0.15) is 16.4 Å². The van der Waals surface area contributed by atoms with Crippen molar-refractivity contribution in [2.45, 2.75) is 39.7 Å². The summed E-state index contributed by atoms with van der Waals surface area (Å²) in [5.41, 5.74) is 1.18. The number of aromatic nitrogens is 1. The molecule has 0 bridgehead atoms. The molecule has 1 saturated heterocycles. The molecule has 0 aliphatic carbocycles. The SMILES string of the molecule is CCCCOc1ccc(/C(O)=C2\C(=O)C(=O)N(c3nc(C)c(C(=O)OCC)s3)C2c2ccc(C(=O)OC)cc2)cc1. The van der Waals surface area contributed by atoms with Gasteiger partial charge < -0.3 is 19.3 Å². The molecular formula is C30H30N2O8S. The van der Waals surface area contributed by atoms with Crippen molar-refractivity contribution in [3.63, 3.8) is 0 Å². The molecule has 0 spiro atoms. The van der Waals surface area contributed by atoms with Gasteiger partial charge in [-0.15, -0.1) is 0 Å². The van der Waals surface area contributed by atoms with Crippen molar-refractivity contribution in [1.82, 2.24) is 4.98 Å². The third kappa shape index (κ3) is 5.99. The molecule has 1 amide bonds. The van der Waals surface area contributed by atoms with Crippen molar-refractivity contribution in [2.75, 3.05) is 25.2 Å². The van der Waals surface area contributed by atoms with Gasteiger partial charge in [-0.3, -0.25) is 14.5 Å². The minimum absolute atomic E-state index is 0.0911. The van der Waals surface area contributed by atoms with Crippen molar-refractivity contribution in [3.8, 4) is 5.75 Å². The van der Waals surface area contributed by atoms with Gasteiger partial charge in [0.2, 0.25) is 0 Å². The van der Waals surface area contributed by atoms with Crippen LogP contribution in [0.4, 0.5) is 5.13 Å². The first-order chi connectivity index (χ1) is 19.7. The van der Waals surface area contributed by atoms with Gasteiger partial charge in [-0.1, -0.05) is 36.8 Å². The molecule has 3 aromatic rings. The number of ether oxygens (including phenoxy) is 3. The van der Waals surface area contributed by atoms with Crippen LogP contribution in [0.5, 0.6) is 5.75 Å². The van der Waals surface area contributed by atoms with Gasteiger partial charge in [0.05, 0.1) is 43.2 Å². The Labute approximate surface area is 241 Å². The van der Waals surface area contributed by atoms with E-state index in [0.29, 0.717) is 29.2 Å². The van der Waals surface area contributed by atoms with Crippen LogP contribution < -0.4 is 9.64 Å². The lowest BCUT2D eigenvalue weighted by Crippen LogP contribution is -2.29. The number of aliphatic hydroxyl groups excluding tert-OH is 1. The summed E-state index contributed by atoms with van der Waals surface area (Å²) in [6.45, 7) is 6.05. The van der Waals surface area contributed by atoms with Crippen LogP contribution in [0.1, 0.15) is 69.6 Å². The van der Waals surface area contributed by atoms with E-state index in [-0.39, 0.29) is 33.5 Å². The van der Waals surface area contributed by atoms with Gasteiger partial charge in [0.15, 0.2) is 5.13 Å². The van der Waals surface area contributed by atoms with E-state index in [1.165, 1.54) is 19.2 Å². The van der Waals surface area contributed by atoms with E-state index in [4.69, 9.17) is 14.2 Å².